The molecule has 2 aromatic rings. The number of benzene rings is 1. The maximum atomic E-state index is 12.9. The topological polar surface area (TPSA) is 52.7 Å². The molecule has 2 amide bonds. The zero-order valence-electron chi connectivity index (χ0n) is 15.1. The summed E-state index contributed by atoms with van der Waals surface area (Å²) in [5, 5.41) is 2.78. The van der Waals surface area contributed by atoms with Gasteiger partial charge in [0.15, 0.2) is 0 Å². The van der Waals surface area contributed by atoms with Crippen molar-refractivity contribution in [2.24, 2.45) is 0 Å². The molecule has 2 heterocycles. The van der Waals surface area contributed by atoms with Crippen molar-refractivity contribution >= 4 is 40.6 Å². The molecular formula is C19H22FN3O2S2. The summed E-state index contributed by atoms with van der Waals surface area (Å²) in [6.07, 6.45) is 2.83. The van der Waals surface area contributed by atoms with Gasteiger partial charge in [-0.1, -0.05) is 0 Å². The lowest BCUT2D eigenvalue weighted by Crippen LogP contribution is -2.37. The van der Waals surface area contributed by atoms with Gasteiger partial charge in [0.1, 0.15) is 5.82 Å². The second kappa shape index (κ2) is 9.34. The predicted molar refractivity (Wildman–Crippen MR) is 108 cm³/mol. The van der Waals surface area contributed by atoms with Gasteiger partial charge in [0.2, 0.25) is 5.91 Å². The summed E-state index contributed by atoms with van der Waals surface area (Å²) < 4.78 is 14.1. The van der Waals surface area contributed by atoms with E-state index >= 15 is 0 Å². The molecule has 1 aliphatic rings. The number of thioether (sulfide) groups is 1. The lowest BCUT2D eigenvalue weighted by molar-refractivity contribution is -0.117. The number of nitrogens with zero attached hydrogens (tertiary/aromatic N) is 2. The molecule has 0 saturated carbocycles. The molecule has 8 heteroatoms. The van der Waals surface area contributed by atoms with Crippen molar-refractivity contribution in [2.45, 2.75) is 10.6 Å². The lowest BCUT2D eigenvalue weighted by Gasteiger charge is -2.21. The summed E-state index contributed by atoms with van der Waals surface area (Å²) >= 11 is 3.16. The first-order chi connectivity index (χ1) is 13.0. The number of thiophene rings is 1. The second-order valence-corrected chi connectivity index (χ2v) is 8.49. The Morgan fingerprint density at radius 3 is 2.59 bits per heavy atom. The first-order valence-electron chi connectivity index (χ1n) is 8.76. The number of rotatable bonds is 5. The third-order valence-electron chi connectivity index (χ3n) is 4.36. The van der Waals surface area contributed by atoms with Gasteiger partial charge in [-0.05, 0) is 49.1 Å². The largest absolute Gasteiger partial charge is 0.337 e. The molecule has 3 rings (SSSR count). The van der Waals surface area contributed by atoms with Crippen LogP contribution >= 0.6 is 23.1 Å². The monoisotopic (exact) mass is 407 g/mol. The Labute approximate surface area is 166 Å². The van der Waals surface area contributed by atoms with E-state index in [4.69, 9.17) is 0 Å². The van der Waals surface area contributed by atoms with Gasteiger partial charge in [-0.2, -0.15) is 0 Å². The van der Waals surface area contributed by atoms with Gasteiger partial charge in [0, 0.05) is 31.9 Å². The summed E-state index contributed by atoms with van der Waals surface area (Å²) in [6, 6.07) is 9.58. The third-order valence-corrected chi connectivity index (χ3v) is 6.52. The van der Waals surface area contributed by atoms with Gasteiger partial charge >= 0.3 is 0 Å². The number of hydrogen-bond acceptors (Lipinski definition) is 5. The Bertz CT molecular complexity index is 795. The fourth-order valence-corrected chi connectivity index (χ4v) is 4.48. The Kier molecular flexibility index (Phi) is 6.87. The van der Waals surface area contributed by atoms with E-state index in [-0.39, 0.29) is 24.2 Å². The summed E-state index contributed by atoms with van der Waals surface area (Å²) in [5.74, 6) is -0.400. The van der Waals surface area contributed by atoms with Crippen LogP contribution in [-0.4, -0.2) is 60.6 Å². The minimum absolute atomic E-state index is 0.0675. The van der Waals surface area contributed by atoms with E-state index in [0.717, 1.165) is 22.1 Å². The Morgan fingerprint density at radius 1 is 1.11 bits per heavy atom. The van der Waals surface area contributed by atoms with Crippen molar-refractivity contribution in [2.75, 3.05) is 44.3 Å². The molecule has 0 atom stereocenters. The minimum Gasteiger partial charge on any atom is -0.337 e. The van der Waals surface area contributed by atoms with E-state index in [0.29, 0.717) is 25.3 Å². The molecular weight excluding hydrogens is 385 g/mol. The smallest absolute Gasteiger partial charge is 0.264 e. The maximum Gasteiger partial charge on any atom is 0.264 e. The van der Waals surface area contributed by atoms with Crippen molar-refractivity contribution < 1.29 is 14.0 Å². The molecule has 27 heavy (non-hydrogen) atoms. The SMILES string of the molecule is CSc1ccc(C(=O)N2CCCN(CC(=O)Nc3ccc(F)cc3)CC2)s1. The molecule has 0 radical (unpaired) electrons. The molecule has 1 aromatic heterocycles. The molecule has 0 aliphatic carbocycles. The van der Waals surface area contributed by atoms with Gasteiger partial charge in [-0.25, -0.2) is 4.39 Å². The Balaban J connectivity index is 1.51. The minimum atomic E-state index is -0.333. The fraction of sp³-hybridized carbons (Fsp3) is 0.368. The van der Waals surface area contributed by atoms with E-state index < -0.39 is 0 Å². The number of anilines is 1. The highest BCUT2D eigenvalue weighted by atomic mass is 32.2. The van der Waals surface area contributed by atoms with Crippen LogP contribution in [0.2, 0.25) is 0 Å². The third kappa shape index (κ3) is 5.54. The van der Waals surface area contributed by atoms with Crippen LogP contribution in [0.3, 0.4) is 0 Å². The van der Waals surface area contributed by atoms with Crippen LogP contribution < -0.4 is 5.32 Å². The second-order valence-electron chi connectivity index (χ2n) is 6.30. The first-order valence-corrected chi connectivity index (χ1v) is 10.8. The number of carbonyl (C=O) groups is 2. The molecule has 1 N–H and O–H groups in total. The van der Waals surface area contributed by atoms with Gasteiger partial charge < -0.3 is 10.2 Å². The predicted octanol–water partition coefficient (Wildman–Crippen LogP) is 3.40. The number of amides is 2. The molecule has 5 nitrogen and oxygen atoms in total. The number of nitrogens with one attached hydrogen (secondary N) is 1. The summed E-state index contributed by atoms with van der Waals surface area (Å²) in [7, 11) is 0. The zero-order valence-corrected chi connectivity index (χ0v) is 16.7. The molecule has 1 fully saturated rings. The van der Waals surface area contributed by atoms with Crippen molar-refractivity contribution in [1.29, 1.82) is 0 Å². The van der Waals surface area contributed by atoms with E-state index in [1.165, 1.54) is 23.5 Å². The van der Waals surface area contributed by atoms with E-state index in [1.807, 2.05) is 28.2 Å². The number of halogens is 1. The molecule has 1 saturated heterocycles. The Morgan fingerprint density at radius 2 is 1.89 bits per heavy atom. The lowest BCUT2D eigenvalue weighted by atomic mass is 10.3. The van der Waals surface area contributed by atoms with E-state index in [2.05, 4.69) is 5.32 Å². The Hall–Kier alpha value is -1.90. The van der Waals surface area contributed by atoms with Crippen LogP contribution in [0.4, 0.5) is 10.1 Å². The van der Waals surface area contributed by atoms with Crippen molar-refractivity contribution in [3.63, 3.8) is 0 Å². The fourth-order valence-electron chi connectivity index (χ4n) is 2.97. The highest BCUT2D eigenvalue weighted by Gasteiger charge is 2.22. The first kappa shape index (κ1) is 19.9. The summed E-state index contributed by atoms with van der Waals surface area (Å²) in [5.41, 5.74) is 0.579. The highest BCUT2D eigenvalue weighted by Crippen LogP contribution is 2.26. The average Bonchev–Trinajstić information content (AvgIpc) is 3.03. The summed E-state index contributed by atoms with van der Waals surface area (Å²) in [6.45, 7) is 2.98. The highest BCUT2D eigenvalue weighted by molar-refractivity contribution is 8.00. The summed E-state index contributed by atoms with van der Waals surface area (Å²) in [4.78, 5) is 29.6. The van der Waals surface area contributed by atoms with Gasteiger partial charge in [0.25, 0.3) is 5.91 Å². The normalized spacial score (nSPS) is 15.4. The molecule has 144 valence electrons. The van der Waals surface area contributed by atoms with Crippen molar-refractivity contribution in [1.82, 2.24) is 9.80 Å². The van der Waals surface area contributed by atoms with Crippen LogP contribution in [0.5, 0.6) is 0 Å². The molecule has 1 aromatic carbocycles. The van der Waals surface area contributed by atoms with Crippen molar-refractivity contribution in [3.8, 4) is 0 Å². The van der Waals surface area contributed by atoms with Gasteiger partial charge in [-0.3, -0.25) is 14.5 Å². The average molecular weight is 408 g/mol. The maximum absolute atomic E-state index is 12.9. The molecule has 0 unspecified atom stereocenters. The van der Waals surface area contributed by atoms with E-state index in [1.54, 1.807) is 23.9 Å². The van der Waals surface area contributed by atoms with Crippen LogP contribution in [0.25, 0.3) is 0 Å². The molecule has 1 aliphatic heterocycles. The van der Waals surface area contributed by atoms with Gasteiger partial charge in [0.05, 0.1) is 15.6 Å². The van der Waals surface area contributed by atoms with Crippen LogP contribution in [0, 0.1) is 5.82 Å². The van der Waals surface area contributed by atoms with Crippen LogP contribution in [0.1, 0.15) is 16.1 Å². The number of hydrogen-bond donors (Lipinski definition) is 1. The van der Waals surface area contributed by atoms with Crippen LogP contribution in [-0.2, 0) is 4.79 Å². The van der Waals surface area contributed by atoms with Crippen LogP contribution in [0.15, 0.2) is 40.6 Å². The van der Waals surface area contributed by atoms with Crippen molar-refractivity contribution in [3.05, 3.63) is 47.1 Å². The number of carbonyl (C=O) groups excluding carboxylic acids is 2. The molecule has 0 bridgehead atoms. The van der Waals surface area contributed by atoms with E-state index in [9.17, 15) is 14.0 Å². The standard InChI is InChI=1S/C19H22FN3O2S2/c1-26-18-8-7-16(27-18)19(25)23-10-2-9-22(11-12-23)13-17(24)21-15-5-3-14(20)4-6-15/h3-8H,2,9-13H2,1H3,(H,21,24). The van der Waals surface area contributed by atoms with Gasteiger partial charge in [-0.15, -0.1) is 23.1 Å². The quantitative estimate of drug-likeness (QED) is 0.772. The zero-order chi connectivity index (χ0) is 19.2. The molecule has 0 spiro atoms.